The number of aliphatic hydroxyl groups is 1. The summed E-state index contributed by atoms with van der Waals surface area (Å²) in [7, 11) is 0. The molecule has 1 saturated carbocycles. The predicted molar refractivity (Wildman–Crippen MR) is 68.3 cm³/mol. The Morgan fingerprint density at radius 3 is 2.69 bits per heavy atom. The van der Waals surface area contributed by atoms with Crippen molar-refractivity contribution < 1.29 is 5.11 Å². The maximum atomic E-state index is 9.81. The lowest BCUT2D eigenvalue weighted by atomic mass is 9.91. The SMILES string of the molecule is OC1CCCCC(c2cc(Cl)ccc2Cl)C1. The van der Waals surface area contributed by atoms with E-state index in [2.05, 4.69) is 0 Å². The third-order valence-corrected chi connectivity index (χ3v) is 3.87. The minimum atomic E-state index is -0.192. The Bertz CT molecular complexity index is 365. The van der Waals surface area contributed by atoms with Crippen LogP contribution < -0.4 is 0 Å². The standard InChI is InChI=1S/C13H16Cl2O/c14-10-5-6-13(15)12(8-10)9-3-1-2-4-11(16)7-9/h5-6,8-9,11,16H,1-4,7H2. The van der Waals surface area contributed by atoms with Gasteiger partial charge >= 0.3 is 0 Å². The van der Waals surface area contributed by atoms with Gasteiger partial charge in [-0.25, -0.2) is 0 Å². The van der Waals surface area contributed by atoms with Crippen molar-refractivity contribution in [2.75, 3.05) is 0 Å². The summed E-state index contributed by atoms with van der Waals surface area (Å²) < 4.78 is 0. The van der Waals surface area contributed by atoms with Gasteiger partial charge in [-0.3, -0.25) is 0 Å². The molecule has 1 nitrogen and oxygen atoms in total. The summed E-state index contributed by atoms with van der Waals surface area (Å²) in [5.74, 6) is 0.351. The van der Waals surface area contributed by atoms with Crippen LogP contribution in [0.15, 0.2) is 18.2 Å². The molecule has 0 aromatic heterocycles. The van der Waals surface area contributed by atoms with E-state index in [9.17, 15) is 5.11 Å². The van der Waals surface area contributed by atoms with Gasteiger partial charge in [0.05, 0.1) is 6.10 Å². The third kappa shape index (κ3) is 2.91. The lowest BCUT2D eigenvalue weighted by molar-refractivity contribution is 0.152. The zero-order valence-electron chi connectivity index (χ0n) is 9.13. The predicted octanol–water partition coefficient (Wildman–Crippen LogP) is 4.40. The van der Waals surface area contributed by atoms with E-state index in [4.69, 9.17) is 23.2 Å². The molecule has 1 aromatic rings. The molecule has 1 fully saturated rings. The molecule has 2 atom stereocenters. The van der Waals surface area contributed by atoms with Crippen LogP contribution in [0, 0.1) is 0 Å². The molecule has 0 spiro atoms. The first kappa shape index (κ1) is 12.2. The molecule has 0 amide bonds. The average Bonchev–Trinajstić information content (AvgIpc) is 2.46. The molecule has 0 heterocycles. The molecule has 1 aliphatic rings. The first-order valence-corrected chi connectivity index (χ1v) is 6.55. The summed E-state index contributed by atoms with van der Waals surface area (Å²) in [6.45, 7) is 0. The van der Waals surface area contributed by atoms with Crippen LogP contribution in [-0.2, 0) is 0 Å². The minimum absolute atomic E-state index is 0.192. The van der Waals surface area contributed by atoms with Gasteiger partial charge < -0.3 is 5.11 Å². The molecule has 2 rings (SSSR count). The molecule has 1 aromatic carbocycles. The zero-order chi connectivity index (χ0) is 11.5. The van der Waals surface area contributed by atoms with Gasteiger partial charge in [0, 0.05) is 10.0 Å². The molecule has 0 saturated heterocycles. The van der Waals surface area contributed by atoms with Crippen molar-refractivity contribution in [2.24, 2.45) is 0 Å². The largest absolute Gasteiger partial charge is 0.393 e. The second-order valence-electron chi connectivity index (χ2n) is 4.54. The smallest absolute Gasteiger partial charge is 0.0546 e. The molecule has 3 heteroatoms. The van der Waals surface area contributed by atoms with E-state index in [0.29, 0.717) is 5.92 Å². The maximum Gasteiger partial charge on any atom is 0.0546 e. The summed E-state index contributed by atoms with van der Waals surface area (Å²) in [5, 5.41) is 11.3. The van der Waals surface area contributed by atoms with Crippen molar-refractivity contribution in [3.05, 3.63) is 33.8 Å². The van der Waals surface area contributed by atoms with Crippen LogP contribution in [0.1, 0.15) is 43.6 Å². The van der Waals surface area contributed by atoms with Gasteiger partial charge in [-0.05, 0) is 48.9 Å². The van der Waals surface area contributed by atoms with E-state index in [-0.39, 0.29) is 6.10 Å². The van der Waals surface area contributed by atoms with Crippen molar-refractivity contribution in [2.45, 2.75) is 44.1 Å². The Morgan fingerprint density at radius 1 is 1.12 bits per heavy atom. The minimum Gasteiger partial charge on any atom is -0.393 e. The van der Waals surface area contributed by atoms with Crippen LogP contribution in [0.25, 0.3) is 0 Å². The lowest BCUT2D eigenvalue weighted by Crippen LogP contribution is -2.09. The van der Waals surface area contributed by atoms with E-state index >= 15 is 0 Å². The number of hydrogen-bond acceptors (Lipinski definition) is 1. The van der Waals surface area contributed by atoms with E-state index in [1.54, 1.807) is 6.07 Å². The molecule has 2 unspecified atom stereocenters. The molecule has 88 valence electrons. The van der Waals surface area contributed by atoms with Gasteiger partial charge in [-0.15, -0.1) is 0 Å². The maximum absolute atomic E-state index is 9.81. The van der Waals surface area contributed by atoms with E-state index in [0.717, 1.165) is 47.7 Å². The van der Waals surface area contributed by atoms with Crippen LogP contribution in [0.5, 0.6) is 0 Å². The molecular formula is C13H16Cl2O. The topological polar surface area (TPSA) is 20.2 Å². The van der Waals surface area contributed by atoms with Crippen molar-refractivity contribution >= 4 is 23.2 Å². The summed E-state index contributed by atoms with van der Waals surface area (Å²) >= 11 is 12.2. The summed E-state index contributed by atoms with van der Waals surface area (Å²) in [6, 6.07) is 5.59. The highest BCUT2D eigenvalue weighted by molar-refractivity contribution is 6.33. The van der Waals surface area contributed by atoms with Gasteiger partial charge in [0.15, 0.2) is 0 Å². The highest BCUT2D eigenvalue weighted by atomic mass is 35.5. The van der Waals surface area contributed by atoms with Crippen molar-refractivity contribution in [1.29, 1.82) is 0 Å². The highest BCUT2D eigenvalue weighted by Gasteiger charge is 2.21. The first-order chi connectivity index (χ1) is 7.66. The Morgan fingerprint density at radius 2 is 1.88 bits per heavy atom. The van der Waals surface area contributed by atoms with Crippen LogP contribution in [-0.4, -0.2) is 11.2 Å². The van der Waals surface area contributed by atoms with Crippen LogP contribution in [0.4, 0.5) is 0 Å². The van der Waals surface area contributed by atoms with Gasteiger partial charge in [0.1, 0.15) is 0 Å². The van der Waals surface area contributed by atoms with Crippen LogP contribution in [0.2, 0.25) is 10.0 Å². The van der Waals surface area contributed by atoms with Gasteiger partial charge in [-0.2, -0.15) is 0 Å². The Kier molecular flexibility index (Phi) is 4.12. The Hall–Kier alpha value is -0.240. The fourth-order valence-corrected chi connectivity index (χ4v) is 2.90. The fraction of sp³-hybridized carbons (Fsp3) is 0.538. The molecule has 0 bridgehead atoms. The number of rotatable bonds is 1. The van der Waals surface area contributed by atoms with Gasteiger partial charge in [0.25, 0.3) is 0 Å². The number of halogens is 2. The van der Waals surface area contributed by atoms with Crippen molar-refractivity contribution in [1.82, 2.24) is 0 Å². The van der Waals surface area contributed by atoms with Crippen molar-refractivity contribution in [3.63, 3.8) is 0 Å². The van der Waals surface area contributed by atoms with E-state index in [1.807, 2.05) is 12.1 Å². The second-order valence-corrected chi connectivity index (χ2v) is 5.38. The summed E-state index contributed by atoms with van der Waals surface area (Å²) in [6.07, 6.45) is 4.88. The van der Waals surface area contributed by atoms with Crippen LogP contribution >= 0.6 is 23.2 Å². The second kappa shape index (κ2) is 5.39. The van der Waals surface area contributed by atoms with Gasteiger partial charge in [-0.1, -0.05) is 36.0 Å². The van der Waals surface area contributed by atoms with Crippen molar-refractivity contribution in [3.8, 4) is 0 Å². The number of benzene rings is 1. The fourth-order valence-electron chi connectivity index (χ4n) is 2.44. The quantitative estimate of drug-likeness (QED) is 0.741. The summed E-state index contributed by atoms with van der Waals surface area (Å²) in [4.78, 5) is 0. The third-order valence-electron chi connectivity index (χ3n) is 3.29. The average molecular weight is 259 g/mol. The molecule has 0 radical (unpaired) electrons. The molecule has 0 aliphatic heterocycles. The van der Waals surface area contributed by atoms with Gasteiger partial charge in [0.2, 0.25) is 0 Å². The van der Waals surface area contributed by atoms with Crippen LogP contribution in [0.3, 0.4) is 0 Å². The normalized spacial score (nSPS) is 26.4. The monoisotopic (exact) mass is 258 g/mol. The molecular weight excluding hydrogens is 243 g/mol. The van der Waals surface area contributed by atoms with E-state index in [1.165, 1.54) is 0 Å². The zero-order valence-corrected chi connectivity index (χ0v) is 10.6. The summed E-state index contributed by atoms with van der Waals surface area (Å²) in [5.41, 5.74) is 1.09. The number of hydrogen-bond donors (Lipinski definition) is 1. The molecule has 1 N–H and O–H groups in total. The molecule has 1 aliphatic carbocycles. The Labute approximate surface area is 106 Å². The molecule has 16 heavy (non-hydrogen) atoms. The van der Waals surface area contributed by atoms with E-state index < -0.39 is 0 Å². The first-order valence-electron chi connectivity index (χ1n) is 5.80. The number of aliphatic hydroxyl groups excluding tert-OH is 1. The lowest BCUT2D eigenvalue weighted by Gasteiger charge is -2.18. The Balaban J connectivity index is 2.24. The highest BCUT2D eigenvalue weighted by Crippen LogP contribution is 2.36.